The summed E-state index contributed by atoms with van der Waals surface area (Å²) in [4.78, 5) is 11.3. The van der Waals surface area contributed by atoms with Gasteiger partial charge in [0, 0.05) is 12.2 Å². The van der Waals surface area contributed by atoms with Crippen molar-refractivity contribution >= 4 is 5.91 Å². The average molecular weight is 242 g/mol. The van der Waals surface area contributed by atoms with Gasteiger partial charge < -0.3 is 13.9 Å². The second-order valence-electron chi connectivity index (χ2n) is 3.41. The molecule has 0 aliphatic heterocycles. The maximum atomic E-state index is 11.3. The van der Waals surface area contributed by atoms with E-state index in [1.54, 1.807) is 6.07 Å². The molecule has 17 heavy (non-hydrogen) atoms. The van der Waals surface area contributed by atoms with Gasteiger partial charge in [0.05, 0.1) is 26.1 Å². The number of nitrogens with two attached hydrogens (primary N) is 1. The average Bonchev–Trinajstić information content (AvgIpc) is 2.81. The van der Waals surface area contributed by atoms with Crippen LogP contribution in [0.25, 0.3) is 0 Å². The zero-order chi connectivity index (χ0) is 12.5. The summed E-state index contributed by atoms with van der Waals surface area (Å²) in [6.45, 7) is 4.10. The van der Waals surface area contributed by atoms with Gasteiger partial charge in [-0.15, -0.1) is 0 Å². The lowest BCUT2D eigenvalue weighted by atomic mass is 10.2. The lowest BCUT2D eigenvalue weighted by molar-refractivity contribution is 0.0402. The zero-order valence-corrected chi connectivity index (χ0v) is 9.90. The minimum Gasteiger partial charge on any atom is -0.459 e. The van der Waals surface area contributed by atoms with Crippen molar-refractivity contribution in [3.63, 3.8) is 0 Å². The first-order valence-corrected chi connectivity index (χ1v) is 5.52. The van der Waals surface area contributed by atoms with Crippen LogP contribution in [-0.4, -0.2) is 25.7 Å². The first kappa shape index (κ1) is 13.7. The molecule has 1 amide bonds. The summed E-state index contributed by atoms with van der Waals surface area (Å²) in [5, 5.41) is 0. The van der Waals surface area contributed by atoms with Gasteiger partial charge in [-0.25, -0.2) is 5.84 Å². The Morgan fingerprint density at radius 1 is 1.41 bits per heavy atom. The highest BCUT2D eigenvalue weighted by Gasteiger charge is 2.13. The number of hydrogen-bond acceptors (Lipinski definition) is 5. The van der Waals surface area contributed by atoms with Crippen LogP contribution in [-0.2, 0) is 16.1 Å². The Labute approximate surface area is 100 Å². The minimum absolute atomic E-state index is 0.182. The third kappa shape index (κ3) is 4.56. The van der Waals surface area contributed by atoms with E-state index < -0.39 is 5.91 Å². The third-order valence-corrected chi connectivity index (χ3v) is 2.06. The molecule has 96 valence electrons. The minimum atomic E-state index is -0.462. The molecule has 6 nitrogen and oxygen atoms in total. The van der Waals surface area contributed by atoms with Crippen LogP contribution in [0.4, 0.5) is 0 Å². The van der Waals surface area contributed by atoms with Gasteiger partial charge in [0.2, 0.25) is 0 Å². The SMILES string of the molecule is CCCOCCOCc1ccoc1C(=O)NN. The van der Waals surface area contributed by atoms with E-state index in [1.807, 2.05) is 12.3 Å². The predicted octanol–water partition coefficient (Wildman–Crippen LogP) is 0.826. The van der Waals surface area contributed by atoms with Crippen LogP contribution < -0.4 is 11.3 Å². The first-order chi connectivity index (χ1) is 8.29. The van der Waals surface area contributed by atoms with E-state index >= 15 is 0 Å². The van der Waals surface area contributed by atoms with Crippen molar-refractivity contribution in [2.45, 2.75) is 20.0 Å². The van der Waals surface area contributed by atoms with E-state index in [1.165, 1.54) is 6.26 Å². The molecule has 1 rings (SSSR count). The van der Waals surface area contributed by atoms with Crippen molar-refractivity contribution < 1.29 is 18.7 Å². The van der Waals surface area contributed by atoms with Crippen LogP contribution in [0.15, 0.2) is 16.7 Å². The van der Waals surface area contributed by atoms with Crippen molar-refractivity contribution in [3.8, 4) is 0 Å². The summed E-state index contributed by atoms with van der Waals surface area (Å²) in [7, 11) is 0. The Kier molecular flexibility index (Phi) is 6.31. The number of nitrogens with one attached hydrogen (secondary N) is 1. The number of carbonyl (C=O) groups excluding carboxylic acids is 1. The third-order valence-electron chi connectivity index (χ3n) is 2.06. The van der Waals surface area contributed by atoms with Crippen LogP contribution in [0.1, 0.15) is 29.5 Å². The molecule has 6 heteroatoms. The second kappa shape index (κ2) is 7.83. The monoisotopic (exact) mass is 242 g/mol. The molecule has 1 aromatic heterocycles. The Bertz CT molecular complexity index is 338. The summed E-state index contributed by atoms with van der Waals surface area (Å²) in [6, 6.07) is 1.68. The number of rotatable bonds is 8. The maximum Gasteiger partial charge on any atom is 0.301 e. The van der Waals surface area contributed by atoms with E-state index in [4.69, 9.17) is 19.7 Å². The molecule has 0 fully saturated rings. The van der Waals surface area contributed by atoms with Crippen molar-refractivity contribution in [3.05, 3.63) is 23.7 Å². The fourth-order valence-electron chi connectivity index (χ4n) is 1.26. The number of ether oxygens (including phenoxy) is 2. The Morgan fingerprint density at radius 3 is 2.88 bits per heavy atom. The van der Waals surface area contributed by atoms with Gasteiger partial charge >= 0.3 is 5.91 Å². The number of furan rings is 1. The Morgan fingerprint density at radius 2 is 2.18 bits per heavy atom. The molecule has 0 radical (unpaired) electrons. The highest BCUT2D eigenvalue weighted by molar-refractivity contribution is 5.92. The Balaban J connectivity index is 2.27. The molecule has 0 unspecified atom stereocenters. The van der Waals surface area contributed by atoms with Crippen LogP contribution in [0.3, 0.4) is 0 Å². The predicted molar refractivity (Wildman–Crippen MR) is 61.1 cm³/mol. The summed E-state index contributed by atoms with van der Waals surface area (Å²) < 4.78 is 15.6. The van der Waals surface area contributed by atoms with Crippen LogP contribution >= 0.6 is 0 Å². The van der Waals surface area contributed by atoms with Crippen LogP contribution in [0.5, 0.6) is 0 Å². The molecular weight excluding hydrogens is 224 g/mol. The summed E-state index contributed by atoms with van der Waals surface area (Å²) in [5.41, 5.74) is 2.68. The Hall–Kier alpha value is -1.37. The van der Waals surface area contributed by atoms with E-state index in [0.717, 1.165) is 13.0 Å². The summed E-state index contributed by atoms with van der Waals surface area (Å²) in [5.74, 6) is 4.74. The lowest BCUT2D eigenvalue weighted by Gasteiger charge is -2.04. The molecule has 1 heterocycles. The van der Waals surface area contributed by atoms with Crippen molar-refractivity contribution in [2.75, 3.05) is 19.8 Å². The zero-order valence-electron chi connectivity index (χ0n) is 9.90. The van der Waals surface area contributed by atoms with E-state index in [2.05, 4.69) is 0 Å². The van der Waals surface area contributed by atoms with Gasteiger partial charge in [0.15, 0.2) is 5.76 Å². The topological polar surface area (TPSA) is 86.7 Å². The number of carbonyl (C=O) groups is 1. The molecule has 0 bridgehead atoms. The molecule has 0 saturated carbocycles. The standard InChI is InChI=1S/C11H18N2O4/c1-2-4-15-6-7-16-8-9-3-5-17-10(9)11(14)13-12/h3,5H,2,4,6-8,12H2,1H3,(H,13,14). The number of hydrogen-bond donors (Lipinski definition) is 2. The van der Waals surface area contributed by atoms with E-state index in [-0.39, 0.29) is 5.76 Å². The molecular formula is C11H18N2O4. The molecule has 0 aliphatic carbocycles. The number of nitrogen functional groups attached to an aromatic ring is 1. The smallest absolute Gasteiger partial charge is 0.301 e. The molecule has 0 spiro atoms. The summed E-state index contributed by atoms with van der Waals surface area (Å²) in [6.07, 6.45) is 2.42. The normalized spacial score (nSPS) is 10.5. The quantitative estimate of drug-likeness (QED) is 0.305. The van der Waals surface area contributed by atoms with Gasteiger partial charge in [-0.1, -0.05) is 6.92 Å². The highest BCUT2D eigenvalue weighted by atomic mass is 16.5. The fraction of sp³-hybridized carbons (Fsp3) is 0.545. The fourth-order valence-corrected chi connectivity index (χ4v) is 1.26. The molecule has 1 aromatic rings. The first-order valence-electron chi connectivity index (χ1n) is 5.52. The van der Waals surface area contributed by atoms with Gasteiger partial charge in [0.25, 0.3) is 0 Å². The van der Waals surface area contributed by atoms with Crippen LogP contribution in [0.2, 0.25) is 0 Å². The number of hydrazine groups is 1. The van der Waals surface area contributed by atoms with Crippen molar-refractivity contribution in [1.29, 1.82) is 0 Å². The highest BCUT2D eigenvalue weighted by Crippen LogP contribution is 2.11. The summed E-state index contributed by atoms with van der Waals surface area (Å²) >= 11 is 0. The molecule has 0 aromatic carbocycles. The van der Waals surface area contributed by atoms with E-state index in [0.29, 0.717) is 25.4 Å². The van der Waals surface area contributed by atoms with Gasteiger partial charge in [-0.3, -0.25) is 10.2 Å². The van der Waals surface area contributed by atoms with E-state index in [9.17, 15) is 4.79 Å². The van der Waals surface area contributed by atoms with Gasteiger partial charge in [0.1, 0.15) is 0 Å². The molecule has 3 N–H and O–H groups in total. The second-order valence-corrected chi connectivity index (χ2v) is 3.41. The van der Waals surface area contributed by atoms with Crippen molar-refractivity contribution in [2.24, 2.45) is 5.84 Å². The molecule has 0 atom stereocenters. The number of amides is 1. The maximum absolute atomic E-state index is 11.3. The van der Waals surface area contributed by atoms with Crippen molar-refractivity contribution in [1.82, 2.24) is 5.43 Å². The van der Waals surface area contributed by atoms with Gasteiger partial charge in [-0.05, 0) is 12.5 Å². The molecule has 0 saturated heterocycles. The van der Waals surface area contributed by atoms with Crippen LogP contribution in [0, 0.1) is 0 Å². The lowest BCUT2D eigenvalue weighted by Crippen LogP contribution is -2.30. The molecule has 0 aliphatic rings. The van der Waals surface area contributed by atoms with Gasteiger partial charge in [-0.2, -0.15) is 0 Å². The largest absolute Gasteiger partial charge is 0.459 e.